The van der Waals surface area contributed by atoms with E-state index in [0.717, 1.165) is 12.8 Å². The van der Waals surface area contributed by atoms with Gasteiger partial charge in [-0.1, -0.05) is 19.3 Å². The van der Waals surface area contributed by atoms with Gasteiger partial charge in [0.15, 0.2) is 17.3 Å². The molecular weight excluding hydrogens is 318 g/mol. The number of fused-ring (bicyclic) bond motifs is 1. The molecule has 0 heterocycles. The highest BCUT2D eigenvalue weighted by molar-refractivity contribution is 6.34. The second-order valence-electron chi connectivity index (χ2n) is 5.65. The van der Waals surface area contributed by atoms with Crippen LogP contribution >= 0.6 is 0 Å². The summed E-state index contributed by atoms with van der Waals surface area (Å²) in [6.07, 6.45) is 2.17. The number of amides is 1. The minimum Gasteiger partial charge on any atom is -0.493 e. The number of carbonyl (C=O) groups excluding carboxylic acids is 2. The lowest BCUT2D eigenvalue weighted by Gasteiger charge is -2.10. The van der Waals surface area contributed by atoms with Gasteiger partial charge in [0.2, 0.25) is 0 Å². The summed E-state index contributed by atoms with van der Waals surface area (Å²) >= 11 is 0. The smallest absolute Gasteiger partial charge is 0.255 e. The summed E-state index contributed by atoms with van der Waals surface area (Å²) in [5, 5.41) is 2.83. The van der Waals surface area contributed by atoms with Gasteiger partial charge in [0.1, 0.15) is 0 Å². The van der Waals surface area contributed by atoms with Gasteiger partial charge in [0.25, 0.3) is 5.91 Å². The zero-order valence-electron chi connectivity index (χ0n) is 15.1. The highest BCUT2D eigenvalue weighted by Gasteiger charge is 2.34. The number of Topliss-reactive ketones (excluding diaryl/α,β-unsaturated/α-hetero) is 1. The lowest BCUT2D eigenvalue weighted by Crippen LogP contribution is -2.28. The Morgan fingerprint density at radius 2 is 1.80 bits per heavy atom. The molecule has 132 valence electrons. The van der Waals surface area contributed by atoms with Crippen molar-refractivity contribution in [3.05, 3.63) is 28.8 Å². The second kappa shape index (κ2) is 8.39. The van der Waals surface area contributed by atoms with Gasteiger partial charge < -0.3 is 14.8 Å². The number of ketones is 1. The first-order chi connectivity index (χ1) is 12.1. The number of methoxy groups -OCH3 is 2. The second-order valence-corrected chi connectivity index (χ2v) is 5.65. The Morgan fingerprint density at radius 1 is 1.16 bits per heavy atom. The molecule has 0 aromatic heterocycles. The molecule has 0 fully saturated rings. The zero-order chi connectivity index (χ0) is 18.4. The normalized spacial score (nSPS) is 12.4. The van der Waals surface area contributed by atoms with Crippen molar-refractivity contribution >= 4 is 17.3 Å². The molecule has 1 amide bonds. The van der Waals surface area contributed by atoms with Gasteiger partial charge in [0.05, 0.1) is 19.8 Å². The molecule has 0 radical (unpaired) electrons. The molecule has 0 saturated heterocycles. The molecule has 5 nitrogen and oxygen atoms in total. The lowest BCUT2D eigenvalue weighted by atomic mass is 10.0. The fourth-order valence-electron chi connectivity index (χ4n) is 2.79. The van der Waals surface area contributed by atoms with Crippen LogP contribution in [0.15, 0.2) is 17.7 Å². The molecule has 0 atom stereocenters. The molecule has 2 rings (SSSR count). The fraction of sp³-hybridized carbons (Fsp3) is 0.400. The Morgan fingerprint density at radius 3 is 2.36 bits per heavy atom. The van der Waals surface area contributed by atoms with E-state index in [4.69, 9.17) is 9.47 Å². The van der Waals surface area contributed by atoms with E-state index in [2.05, 4.69) is 17.2 Å². The largest absolute Gasteiger partial charge is 0.493 e. The maximum Gasteiger partial charge on any atom is 0.255 e. The maximum absolute atomic E-state index is 12.8. The van der Waals surface area contributed by atoms with Crippen LogP contribution in [-0.4, -0.2) is 32.5 Å². The van der Waals surface area contributed by atoms with E-state index >= 15 is 0 Å². The van der Waals surface area contributed by atoms with Crippen molar-refractivity contribution < 1.29 is 19.1 Å². The number of rotatable bonds is 7. The number of benzene rings is 1. The Kier molecular flexibility index (Phi) is 6.24. The fourth-order valence-corrected chi connectivity index (χ4v) is 2.79. The number of nitrogens with one attached hydrogen (secondary N) is 1. The quantitative estimate of drug-likeness (QED) is 0.470. The van der Waals surface area contributed by atoms with Gasteiger partial charge in [-0.3, -0.25) is 9.59 Å². The Balaban J connectivity index is 2.51. The zero-order valence-corrected chi connectivity index (χ0v) is 15.1. The summed E-state index contributed by atoms with van der Waals surface area (Å²) in [5.41, 5.74) is 1.95. The Hall–Kier alpha value is -2.74. The first-order valence-corrected chi connectivity index (χ1v) is 8.31. The van der Waals surface area contributed by atoms with Gasteiger partial charge in [-0.05, 0) is 36.6 Å². The third-order valence-electron chi connectivity index (χ3n) is 4.11. The van der Waals surface area contributed by atoms with Gasteiger partial charge in [-0.15, -0.1) is 5.92 Å². The predicted molar refractivity (Wildman–Crippen MR) is 96.8 cm³/mol. The Bertz CT molecular complexity index is 781. The van der Waals surface area contributed by atoms with Crippen LogP contribution < -0.4 is 14.8 Å². The molecule has 0 aliphatic heterocycles. The van der Waals surface area contributed by atoms with E-state index in [9.17, 15) is 9.59 Å². The van der Waals surface area contributed by atoms with Crippen molar-refractivity contribution in [2.24, 2.45) is 0 Å². The van der Waals surface area contributed by atoms with E-state index < -0.39 is 0 Å². The van der Waals surface area contributed by atoms with Crippen LogP contribution in [0, 0.1) is 11.8 Å². The standard InChI is InChI=1S/C20H23NO4/c1-5-7-9-13-14-11-16(24-3)17(25-4)12-15(14)19(22)18(13)20(23)21-10-8-6-2/h11-12H,6,8-10H2,1-4H3,(H,21,23). The van der Waals surface area contributed by atoms with Crippen LogP contribution in [0.5, 0.6) is 11.5 Å². The Labute approximate surface area is 148 Å². The summed E-state index contributed by atoms with van der Waals surface area (Å²) in [6, 6.07) is 3.37. The molecule has 0 bridgehead atoms. The van der Waals surface area contributed by atoms with Crippen molar-refractivity contribution in [3.63, 3.8) is 0 Å². The third kappa shape index (κ3) is 3.69. The highest BCUT2D eigenvalue weighted by Crippen LogP contribution is 2.41. The summed E-state index contributed by atoms with van der Waals surface area (Å²) in [7, 11) is 3.05. The average Bonchev–Trinajstić information content (AvgIpc) is 2.90. The van der Waals surface area contributed by atoms with E-state index in [-0.39, 0.29) is 17.3 Å². The van der Waals surface area contributed by atoms with E-state index in [1.54, 1.807) is 19.1 Å². The molecule has 1 aromatic rings. The summed E-state index contributed by atoms with van der Waals surface area (Å²) in [5.74, 6) is 6.12. The molecule has 1 aliphatic carbocycles. The lowest BCUT2D eigenvalue weighted by molar-refractivity contribution is -0.117. The van der Waals surface area contributed by atoms with Crippen LogP contribution in [-0.2, 0) is 4.79 Å². The SMILES string of the molecule is CC#CCC1=C(C(=O)NCCCC)C(=O)c2cc(OC)c(OC)cc21. The topological polar surface area (TPSA) is 64.6 Å². The van der Waals surface area contributed by atoms with Crippen LogP contribution in [0.1, 0.15) is 49.0 Å². The monoisotopic (exact) mass is 341 g/mol. The van der Waals surface area contributed by atoms with Gasteiger partial charge in [0, 0.05) is 18.5 Å². The number of unbranched alkanes of at least 4 members (excludes halogenated alkanes) is 1. The van der Waals surface area contributed by atoms with Crippen LogP contribution in [0.2, 0.25) is 0 Å². The molecule has 0 spiro atoms. The molecular formula is C20H23NO4. The van der Waals surface area contributed by atoms with Crippen LogP contribution in [0.4, 0.5) is 0 Å². The number of hydrogen-bond donors (Lipinski definition) is 1. The molecule has 0 saturated carbocycles. The molecule has 1 N–H and O–H groups in total. The molecule has 5 heteroatoms. The number of allylic oxidation sites excluding steroid dienone is 1. The van der Waals surface area contributed by atoms with Gasteiger partial charge in [-0.2, -0.15) is 0 Å². The summed E-state index contributed by atoms with van der Waals surface area (Å²) < 4.78 is 10.6. The molecule has 1 aliphatic rings. The summed E-state index contributed by atoms with van der Waals surface area (Å²) in [6.45, 7) is 4.32. The average molecular weight is 341 g/mol. The van der Waals surface area contributed by atoms with Crippen molar-refractivity contribution in [2.45, 2.75) is 33.1 Å². The minimum atomic E-state index is -0.347. The van der Waals surface area contributed by atoms with Crippen molar-refractivity contribution in [1.29, 1.82) is 0 Å². The van der Waals surface area contributed by atoms with Crippen molar-refractivity contribution in [3.8, 4) is 23.3 Å². The number of hydrogen-bond acceptors (Lipinski definition) is 4. The third-order valence-corrected chi connectivity index (χ3v) is 4.11. The van der Waals surface area contributed by atoms with Crippen LogP contribution in [0.3, 0.4) is 0 Å². The first-order valence-electron chi connectivity index (χ1n) is 8.31. The molecule has 25 heavy (non-hydrogen) atoms. The summed E-state index contributed by atoms with van der Waals surface area (Å²) in [4.78, 5) is 25.4. The molecule has 1 aromatic carbocycles. The maximum atomic E-state index is 12.8. The highest BCUT2D eigenvalue weighted by atomic mass is 16.5. The van der Waals surface area contributed by atoms with Gasteiger partial charge in [-0.25, -0.2) is 0 Å². The minimum absolute atomic E-state index is 0.171. The van der Waals surface area contributed by atoms with Gasteiger partial charge >= 0.3 is 0 Å². The number of ether oxygens (including phenoxy) is 2. The predicted octanol–water partition coefficient (Wildman–Crippen LogP) is 2.98. The van der Waals surface area contributed by atoms with Crippen molar-refractivity contribution in [2.75, 3.05) is 20.8 Å². The van der Waals surface area contributed by atoms with Crippen molar-refractivity contribution in [1.82, 2.24) is 5.32 Å². The van der Waals surface area contributed by atoms with E-state index in [1.165, 1.54) is 14.2 Å². The van der Waals surface area contributed by atoms with E-state index in [0.29, 0.717) is 41.2 Å². The number of carbonyl (C=O) groups is 2. The van der Waals surface area contributed by atoms with Crippen LogP contribution in [0.25, 0.3) is 5.57 Å². The first kappa shape index (κ1) is 18.6. The molecule has 0 unspecified atom stereocenters. The van der Waals surface area contributed by atoms with E-state index in [1.807, 2.05) is 6.92 Å².